The Labute approximate surface area is 188 Å². The number of anilines is 1. The number of sulfonamides is 1. The van der Waals surface area contributed by atoms with Gasteiger partial charge in [0.25, 0.3) is 5.91 Å². The number of carbonyl (C=O) groups excluding carboxylic acids is 1. The Morgan fingerprint density at radius 2 is 1.84 bits per heavy atom. The maximum Gasteiger partial charge on any atom is 0.262 e. The van der Waals surface area contributed by atoms with Gasteiger partial charge in [0.15, 0.2) is 18.1 Å². The molecule has 1 fully saturated rings. The first-order valence-corrected chi connectivity index (χ1v) is 12.0. The van der Waals surface area contributed by atoms with E-state index < -0.39 is 15.9 Å². The average Bonchev–Trinajstić information content (AvgIpc) is 2.80. The smallest absolute Gasteiger partial charge is 0.262 e. The van der Waals surface area contributed by atoms with Gasteiger partial charge in [-0.05, 0) is 56.5 Å². The molecule has 1 saturated heterocycles. The third kappa shape index (κ3) is 5.58. The summed E-state index contributed by atoms with van der Waals surface area (Å²) in [6.07, 6.45) is 2.74. The molecular formula is C23H27N3O5S. The van der Waals surface area contributed by atoms with Crippen molar-refractivity contribution < 1.29 is 22.7 Å². The van der Waals surface area contributed by atoms with E-state index in [0.717, 1.165) is 24.8 Å². The number of nitriles is 1. The fourth-order valence-electron chi connectivity index (χ4n) is 3.45. The van der Waals surface area contributed by atoms with Crippen molar-refractivity contribution in [2.45, 2.75) is 38.0 Å². The number of benzene rings is 2. The van der Waals surface area contributed by atoms with Gasteiger partial charge in [-0.3, -0.25) is 4.79 Å². The summed E-state index contributed by atoms with van der Waals surface area (Å²) in [6, 6.07) is 11.5. The van der Waals surface area contributed by atoms with Crippen molar-refractivity contribution >= 4 is 21.6 Å². The molecule has 3 rings (SSSR count). The summed E-state index contributed by atoms with van der Waals surface area (Å²) in [5.41, 5.74) is 1.58. The van der Waals surface area contributed by atoms with Crippen LogP contribution in [-0.2, 0) is 14.8 Å². The van der Waals surface area contributed by atoms with Crippen LogP contribution in [0.5, 0.6) is 11.5 Å². The van der Waals surface area contributed by atoms with Crippen LogP contribution in [-0.4, -0.2) is 44.9 Å². The predicted molar refractivity (Wildman–Crippen MR) is 120 cm³/mol. The van der Waals surface area contributed by atoms with Gasteiger partial charge < -0.3 is 14.8 Å². The largest absolute Gasteiger partial charge is 0.490 e. The highest BCUT2D eigenvalue weighted by Gasteiger charge is 2.26. The Kier molecular flexibility index (Phi) is 7.72. The lowest BCUT2D eigenvalue weighted by atomic mass is 10.2. The molecule has 1 aliphatic rings. The molecule has 0 bridgehead atoms. The molecule has 0 radical (unpaired) electrons. The number of piperidine rings is 1. The second kappa shape index (κ2) is 10.5. The summed E-state index contributed by atoms with van der Waals surface area (Å²) < 4.78 is 38.5. The van der Waals surface area contributed by atoms with Crippen molar-refractivity contribution in [1.29, 1.82) is 5.26 Å². The summed E-state index contributed by atoms with van der Waals surface area (Å²) >= 11 is 0. The summed E-state index contributed by atoms with van der Waals surface area (Å²) in [5, 5.41) is 11.8. The number of nitrogens with zero attached hydrogens (tertiary/aromatic N) is 2. The molecule has 1 heterocycles. The molecule has 9 heteroatoms. The highest BCUT2D eigenvalue weighted by Crippen LogP contribution is 2.29. The van der Waals surface area contributed by atoms with Gasteiger partial charge in [0.2, 0.25) is 10.0 Å². The Bertz CT molecular complexity index is 1120. The molecule has 2 aromatic rings. The van der Waals surface area contributed by atoms with Gasteiger partial charge in [-0.15, -0.1) is 0 Å². The number of hydrogen-bond acceptors (Lipinski definition) is 6. The van der Waals surface area contributed by atoms with Gasteiger partial charge in [-0.2, -0.15) is 9.57 Å². The third-order valence-corrected chi connectivity index (χ3v) is 7.06. The van der Waals surface area contributed by atoms with Crippen LogP contribution in [0.2, 0.25) is 0 Å². The molecule has 1 aliphatic heterocycles. The van der Waals surface area contributed by atoms with Gasteiger partial charge in [-0.1, -0.05) is 12.5 Å². The number of nitrogens with one attached hydrogen (secondary N) is 1. The first-order valence-electron chi connectivity index (χ1n) is 10.6. The predicted octanol–water partition coefficient (Wildman–Crippen LogP) is 3.46. The minimum atomic E-state index is -3.60. The molecule has 1 N–H and O–H groups in total. The Balaban J connectivity index is 1.70. The molecule has 8 nitrogen and oxygen atoms in total. The molecule has 0 atom stereocenters. The second-order valence-electron chi connectivity index (χ2n) is 7.48. The van der Waals surface area contributed by atoms with Gasteiger partial charge in [0, 0.05) is 24.8 Å². The van der Waals surface area contributed by atoms with Gasteiger partial charge in [0.1, 0.15) is 0 Å². The van der Waals surface area contributed by atoms with Crippen LogP contribution >= 0.6 is 0 Å². The van der Waals surface area contributed by atoms with Crippen molar-refractivity contribution in [2.24, 2.45) is 0 Å². The summed E-state index contributed by atoms with van der Waals surface area (Å²) in [7, 11) is -3.60. The van der Waals surface area contributed by atoms with E-state index in [1.807, 2.05) is 13.0 Å². The molecular weight excluding hydrogens is 430 g/mol. The topological polar surface area (TPSA) is 109 Å². The molecule has 0 aromatic heterocycles. The number of hydrogen-bond donors (Lipinski definition) is 1. The van der Waals surface area contributed by atoms with E-state index in [2.05, 4.69) is 5.32 Å². The zero-order chi connectivity index (χ0) is 23.1. The molecule has 0 spiro atoms. The lowest BCUT2D eigenvalue weighted by molar-refractivity contribution is -0.118. The fraction of sp³-hybridized carbons (Fsp3) is 0.391. The molecule has 1 amide bonds. The number of aryl methyl sites for hydroxylation is 1. The summed E-state index contributed by atoms with van der Waals surface area (Å²) in [4.78, 5) is 12.7. The fourth-order valence-corrected chi connectivity index (χ4v) is 4.99. The minimum Gasteiger partial charge on any atom is -0.490 e. The van der Waals surface area contributed by atoms with Crippen molar-refractivity contribution in [3.63, 3.8) is 0 Å². The maximum absolute atomic E-state index is 13.0. The summed E-state index contributed by atoms with van der Waals surface area (Å²) in [5.74, 6) is 0.289. The van der Waals surface area contributed by atoms with E-state index in [4.69, 9.17) is 14.7 Å². The highest BCUT2D eigenvalue weighted by atomic mass is 32.2. The Hall–Kier alpha value is -3.09. The Morgan fingerprint density at radius 1 is 1.09 bits per heavy atom. The van der Waals surface area contributed by atoms with E-state index in [9.17, 15) is 13.2 Å². The van der Waals surface area contributed by atoms with Crippen molar-refractivity contribution in [3.8, 4) is 17.6 Å². The number of amides is 1. The van der Waals surface area contributed by atoms with Crippen LogP contribution in [0, 0.1) is 18.3 Å². The first-order chi connectivity index (χ1) is 15.3. The van der Waals surface area contributed by atoms with E-state index in [1.165, 1.54) is 10.4 Å². The SMILES string of the molecule is CCOc1cc(C#N)ccc1OCC(=O)Nc1cc(S(=O)(=O)N2CCCCC2)ccc1C. The Morgan fingerprint density at radius 3 is 2.53 bits per heavy atom. The quantitative estimate of drug-likeness (QED) is 0.650. The highest BCUT2D eigenvalue weighted by molar-refractivity contribution is 7.89. The molecule has 0 aliphatic carbocycles. The molecule has 2 aromatic carbocycles. The molecule has 0 saturated carbocycles. The lowest BCUT2D eigenvalue weighted by Gasteiger charge is -2.26. The molecule has 32 heavy (non-hydrogen) atoms. The van der Waals surface area contributed by atoms with Crippen molar-refractivity contribution in [2.75, 3.05) is 31.6 Å². The maximum atomic E-state index is 13.0. The molecule has 0 unspecified atom stereocenters. The zero-order valence-corrected chi connectivity index (χ0v) is 19.1. The van der Waals surface area contributed by atoms with Crippen LogP contribution in [0.15, 0.2) is 41.3 Å². The van der Waals surface area contributed by atoms with Crippen LogP contribution in [0.25, 0.3) is 0 Å². The average molecular weight is 458 g/mol. The summed E-state index contributed by atoms with van der Waals surface area (Å²) in [6.45, 7) is 4.71. The zero-order valence-electron chi connectivity index (χ0n) is 18.3. The van der Waals surface area contributed by atoms with E-state index in [1.54, 1.807) is 37.3 Å². The van der Waals surface area contributed by atoms with Crippen molar-refractivity contribution in [3.05, 3.63) is 47.5 Å². The number of carbonyl (C=O) groups is 1. The number of rotatable bonds is 8. The number of ether oxygens (including phenoxy) is 2. The van der Waals surface area contributed by atoms with Gasteiger partial charge in [-0.25, -0.2) is 8.42 Å². The van der Waals surface area contributed by atoms with Gasteiger partial charge in [0.05, 0.1) is 23.1 Å². The van der Waals surface area contributed by atoms with Crippen LogP contribution < -0.4 is 14.8 Å². The lowest BCUT2D eigenvalue weighted by Crippen LogP contribution is -2.35. The van der Waals surface area contributed by atoms with Crippen LogP contribution in [0.4, 0.5) is 5.69 Å². The second-order valence-corrected chi connectivity index (χ2v) is 9.42. The first kappa shape index (κ1) is 23.6. The minimum absolute atomic E-state index is 0.159. The van der Waals surface area contributed by atoms with E-state index in [-0.39, 0.29) is 11.5 Å². The van der Waals surface area contributed by atoms with Gasteiger partial charge >= 0.3 is 0 Å². The monoisotopic (exact) mass is 457 g/mol. The normalized spacial score (nSPS) is 14.4. The van der Waals surface area contributed by atoms with E-state index in [0.29, 0.717) is 42.4 Å². The standard InChI is InChI=1S/C23H27N3O5S/c1-3-30-22-13-18(15-24)8-10-21(22)31-16-23(27)25-20-14-19(9-7-17(20)2)32(28,29)26-11-5-4-6-12-26/h7-10,13-14H,3-6,11-12,16H2,1-2H3,(H,25,27). The van der Waals surface area contributed by atoms with Crippen LogP contribution in [0.3, 0.4) is 0 Å². The van der Waals surface area contributed by atoms with Crippen molar-refractivity contribution in [1.82, 2.24) is 4.31 Å². The van der Waals surface area contributed by atoms with Crippen LogP contribution in [0.1, 0.15) is 37.3 Å². The molecule has 170 valence electrons. The third-order valence-electron chi connectivity index (χ3n) is 5.17. The van der Waals surface area contributed by atoms with E-state index >= 15 is 0 Å².